The number of carboxylic acid groups (broad SMARTS) is 1. The highest BCUT2D eigenvalue weighted by molar-refractivity contribution is 7.17. The summed E-state index contributed by atoms with van der Waals surface area (Å²) in [7, 11) is 0. The lowest BCUT2D eigenvalue weighted by atomic mass is 10.2. The Balaban J connectivity index is 2.03. The maximum absolute atomic E-state index is 11.1. The predicted molar refractivity (Wildman–Crippen MR) is 80.6 cm³/mol. The third-order valence-corrected chi connectivity index (χ3v) is 4.29. The van der Waals surface area contributed by atoms with Crippen LogP contribution in [0.1, 0.15) is 15.9 Å². The van der Waals surface area contributed by atoms with Crippen molar-refractivity contribution in [3.63, 3.8) is 0 Å². The zero-order valence-corrected chi connectivity index (χ0v) is 12.4. The summed E-state index contributed by atoms with van der Waals surface area (Å²) in [6.07, 6.45) is 1.42. The summed E-state index contributed by atoms with van der Waals surface area (Å²) in [5.41, 5.74) is 1.86. The molecule has 21 heavy (non-hydrogen) atoms. The summed E-state index contributed by atoms with van der Waals surface area (Å²) >= 11 is 7.31. The van der Waals surface area contributed by atoms with Gasteiger partial charge in [-0.15, -0.1) is 11.3 Å². The van der Waals surface area contributed by atoms with Crippen molar-refractivity contribution in [3.05, 3.63) is 46.1 Å². The van der Waals surface area contributed by atoms with Crippen molar-refractivity contribution >= 4 is 39.1 Å². The topological polar surface area (TPSA) is 72.3 Å². The number of benzene rings is 1. The second-order valence-corrected chi connectivity index (χ2v) is 5.61. The van der Waals surface area contributed by atoms with Crippen molar-refractivity contribution in [1.29, 1.82) is 0 Å². The van der Waals surface area contributed by atoms with Gasteiger partial charge in [-0.3, -0.25) is 0 Å². The van der Waals surface area contributed by atoms with Crippen LogP contribution in [-0.2, 0) is 0 Å². The van der Waals surface area contributed by atoms with E-state index in [4.69, 9.17) is 21.4 Å². The normalized spacial score (nSPS) is 10.8. The van der Waals surface area contributed by atoms with Gasteiger partial charge in [0, 0.05) is 0 Å². The van der Waals surface area contributed by atoms with Gasteiger partial charge in [-0.05, 0) is 36.1 Å². The van der Waals surface area contributed by atoms with E-state index in [9.17, 15) is 4.79 Å². The largest absolute Gasteiger partial charge is 0.478 e. The number of ether oxygens (including phenoxy) is 1. The van der Waals surface area contributed by atoms with Gasteiger partial charge in [-0.2, -0.15) is 0 Å². The molecule has 5 nitrogen and oxygen atoms in total. The van der Waals surface area contributed by atoms with E-state index in [1.54, 1.807) is 6.07 Å². The van der Waals surface area contributed by atoms with Crippen LogP contribution >= 0.6 is 22.9 Å². The lowest BCUT2D eigenvalue weighted by Gasteiger charge is -2.07. The number of carbonyl (C=O) groups is 1. The van der Waals surface area contributed by atoms with E-state index in [0.717, 1.165) is 15.8 Å². The van der Waals surface area contributed by atoms with Crippen LogP contribution in [0.3, 0.4) is 0 Å². The number of aromatic carboxylic acids is 1. The molecule has 3 rings (SSSR count). The Morgan fingerprint density at radius 1 is 1.38 bits per heavy atom. The summed E-state index contributed by atoms with van der Waals surface area (Å²) in [6, 6.07) is 4.46. The van der Waals surface area contributed by atoms with Gasteiger partial charge in [-0.1, -0.05) is 11.6 Å². The first-order valence-corrected chi connectivity index (χ1v) is 7.21. The second kappa shape index (κ2) is 5.31. The molecule has 2 aromatic heterocycles. The van der Waals surface area contributed by atoms with Crippen LogP contribution in [-0.4, -0.2) is 21.0 Å². The average molecular weight is 321 g/mol. The fraction of sp³-hybridized carbons (Fsp3) is 0.0714. The van der Waals surface area contributed by atoms with Gasteiger partial charge >= 0.3 is 5.97 Å². The maximum Gasteiger partial charge on any atom is 0.337 e. The summed E-state index contributed by atoms with van der Waals surface area (Å²) in [5, 5.41) is 11.2. The first kappa shape index (κ1) is 13.8. The highest BCUT2D eigenvalue weighted by atomic mass is 35.5. The van der Waals surface area contributed by atoms with E-state index < -0.39 is 5.97 Å². The van der Waals surface area contributed by atoms with Crippen molar-refractivity contribution in [2.45, 2.75) is 6.92 Å². The number of thiophene rings is 1. The summed E-state index contributed by atoms with van der Waals surface area (Å²) < 4.78 is 6.51. The van der Waals surface area contributed by atoms with E-state index in [1.807, 2.05) is 12.3 Å². The van der Waals surface area contributed by atoms with Crippen LogP contribution in [0.25, 0.3) is 10.2 Å². The Morgan fingerprint density at radius 2 is 2.19 bits per heavy atom. The van der Waals surface area contributed by atoms with Crippen molar-refractivity contribution in [1.82, 2.24) is 9.97 Å². The van der Waals surface area contributed by atoms with Crippen LogP contribution in [0.15, 0.2) is 29.9 Å². The molecule has 7 heteroatoms. The van der Waals surface area contributed by atoms with Crippen LogP contribution in [0.4, 0.5) is 0 Å². The summed E-state index contributed by atoms with van der Waals surface area (Å²) in [4.78, 5) is 19.4. The standard InChI is InChI=1S/C14H9ClN2O3S/c1-7-5-21-12-11(7)16-6-17-13(12)20-8-2-3-10(15)9(4-8)14(18)19/h2-6H,1H3,(H,18,19). The number of hydrogen-bond acceptors (Lipinski definition) is 5. The van der Waals surface area contributed by atoms with Gasteiger partial charge in [0.05, 0.1) is 16.1 Å². The molecule has 0 aliphatic carbocycles. The molecule has 106 valence electrons. The Kier molecular flexibility index (Phi) is 3.48. The highest BCUT2D eigenvalue weighted by Gasteiger charge is 2.13. The Labute approximate surface area is 128 Å². The molecule has 0 bridgehead atoms. The molecule has 1 N–H and O–H groups in total. The van der Waals surface area contributed by atoms with Crippen molar-refractivity contribution in [2.75, 3.05) is 0 Å². The number of aryl methyl sites for hydroxylation is 1. The Bertz CT molecular complexity index is 847. The molecule has 0 aliphatic rings. The van der Waals surface area contributed by atoms with Crippen molar-refractivity contribution < 1.29 is 14.6 Å². The third-order valence-electron chi connectivity index (χ3n) is 2.88. The molecular formula is C14H9ClN2O3S. The second-order valence-electron chi connectivity index (χ2n) is 4.32. The van der Waals surface area contributed by atoms with E-state index >= 15 is 0 Å². The lowest BCUT2D eigenvalue weighted by molar-refractivity contribution is 0.0696. The SMILES string of the molecule is Cc1csc2c(Oc3ccc(Cl)c(C(=O)O)c3)ncnc12. The fourth-order valence-corrected chi connectivity index (χ4v) is 2.99. The Morgan fingerprint density at radius 3 is 2.95 bits per heavy atom. The molecule has 0 radical (unpaired) electrons. The minimum atomic E-state index is -1.11. The van der Waals surface area contributed by atoms with Crippen LogP contribution in [0.5, 0.6) is 11.6 Å². The first-order valence-electron chi connectivity index (χ1n) is 5.96. The van der Waals surface area contributed by atoms with Crippen molar-refractivity contribution in [2.24, 2.45) is 0 Å². The molecule has 2 heterocycles. The predicted octanol–water partition coefficient (Wildman–Crippen LogP) is 4.14. The molecule has 0 saturated heterocycles. The number of aromatic nitrogens is 2. The third kappa shape index (κ3) is 2.55. The maximum atomic E-state index is 11.1. The van der Waals surface area contributed by atoms with Gasteiger partial charge in [0.2, 0.25) is 5.88 Å². The minimum Gasteiger partial charge on any atom is -0.478 e. The van der Waals surface area contributed by atoms with E-state index in [0.29, 0.717) is 11.6 Å². The molecule has 0 atom stereocenters. The van der Waals surface area contributed by atoms with E-state index in [1.165, 1.54) is 29.8 Å². The molecule has 0 spiro atoms. The highest BCUT2D eigenvalue weighted by Crippen LogP contribution is 2.33. The molecule has 0 saturated carbocycles. The molecular weight excluding hydrogens is 312 g/mol. The number of hydrogen-bond donors (Lipinski definition) is 1. The van der Waals surface area contributed by atoms with Crippen LogP contribution in [0.2, 0.25) is 5.02 Å². The summed E-state index contributed by atoms with van der Waals surface area (Å²) in [5.74, 6) is -0.343. The molecule has 1 aromatic carbocycles. The van der Waals surface area contributed by atoms with Gasteiger partial charge in [-0.25, -0.2) is 14.8 Å². The smallest absolute Gasteiger partial charge is 0.337 e. The molecule has 0 fully saturated rings. The average Bonchev–Trinajstić information content (AvgIpc) is 2.84. The van der Waals surface area contributed by atoms with Gasteiger partial charge in [0.1, 0.15) is 16.8 Å². The number of nitrogens with zero attached hydrogens (tertiary/aromatic N) is 2. The molecule has 3 aromatic rings. The fourth-order valence-electron chi connectivity index (χ4n) is 1.86. The number of fused-ring (bicyclic) bond motifs is 1. The van der Waals surface area contributed by atoms with E-state index in [-0.39, 0.29) is 10.6 Å². The van der Waals surface area contributed by atoms with Gasteiger partial charge in [0.15, 0.2) is 0 Å². The van der Waals surface area contributed by atoms with Crippen molar-refractivity contribution in [3.8, 4) is 11.6 Å². The monoisotopic (exact) mass is 320 g/mol. The zero-order valence-electron chi connectivity index (χ0n) is 10.8. The van der Waals surface area contributed by atoms with Gasteiger partial charge < -0.3 is 9.84 Å². The Hall–Kier alpha value is -2.18. The summed E-state index contributed by atoms with van der Waals surface area (Å²) in [6.45, 7) is 1.96. The quantitative estimate of drug-likeness (QED) is 0.785. The number of carboxylic acids is 1. The van der Waals surface area contributed by atoms with Crippen LogP contribution < -0.4 is 4.74 Å². The van der Waals surface area contributed by atoms with E-state index in [2.05, 4.69) is 9.97 Å². The molecule has 0 amide bonds. The lowest BCUT2D eigenvalue weighted by Crippen LogP contribution is -1.98. The number of halogens is 1. The minimum absolute atomic E-state index is 0.0122. The zero-order chi connectivity index (χ0) is 15.0. The van der Waals surface area contributed by atoms with Crippen LogP contribution in [0, 0.1) is 6.92 Å². The first-order chi connectivity index (χ1) is 10.1. The molecule has 0 unspecified atom stereocenters. The number of rotatable bonds is 3. The van der Waals surface area contributed by atoms with Gasteiger partial charge in [0.25, 0.3) is 0 Å². The molecule has 0 aliphatic heterocycles.